The van der Waals surface area contributed by atoms with Gasteiger partial charge in [0, 0.05) is 6.92 Å². The van der Waals surface area contributed by atoms with Gasteiger partial charge in [-0.15, -0.1) is 0 Å². The molecule has 9 heteroatoms. The molecular weight excluding hydrogens is 602 g/mol. The molecule has 0 aliphatic rings. The van der Waals surface area contributed by atoms with Crippen molar-refractivity contribution in [2.45, 2.75) is 6.92 Å². The van der Waals surface area contributed by atoms with E-state index in [0.29, 0.717) is 0 Å². The monoisotopic (exact) mass is 617 g/mol. The molecule has 5 nitrogen and oxygen atoms in total. The molecule has 0 aromatic heterocycles. The standard InChI is InChI=1S/C24H12.C12F4N4.C2H3N/c1-2-14-5-6-16-9-11-18-12-10-17-8-7-15-4-3-13(1)19-20(14)22(16)24(18)23(17)21(15)19;13-9-7(5(1-17)2-18)10(14)12(16)8(11(9)15)6(3-19)4-20;1-2-3/h1-12H;;1H3. The maximum Gasteiger partial charge on any atom is 0.171 e. The highest BCUT2D eigenvalue weighted by molar-refractivity contribution is 6.44. The van der Waals surface area contributed by atoms with E-state index in [-0.39, 0.29) is 0 Å². The van der Waals surface area contributed by atoms with Crippen molar-refractivity contribution < 1.29 is 17.6 Å². The van der Waals surface area contributed by atoms with Gasteiger partial charge in [0.25, 0.3) is 0 Å². The van der Waals surface area contributed by atoms with Crippen LogP contribution < -0.4 is 10.4 Å². The van der Waals surface area contributed by atoms with Crippen LogP contribution in [0, 0.1) is 79.9 Å². The minimum atomic E-state index is -2.03. The smallest absolute Gasteiger partial charge is 0.171 e. The van der Waals surface area contributed by atoms with Gasteiger partial charge in [0.05, 0.1) is 16.5 Å². The van der Waals surface area contributed by atoms with Crippen LogP contribution in [0.4, 0.5) is 17.6 Å². The Hall–Kier alpha value is -6.99. The predicted molar refractivity (Wildman–Crippen MR) is 171 cm³/mol. The fourth-order valence-electron chi connectivity index (χ4n) is 6.24. The topological polar surface area (TPSA) is 119 Å². The third-order valence-corrected chi connectivity index (χ3v) is 8.10. The second kappa shape index (κ2) is 11.5. The van der Waals surface area contributed by atoms with Gasteiger partial charge in [-0.05, 0) is 64.6 Å². The molecule has 8 aromatic carbocycles. The van der Waals surface area contributed by atoms with Gasteiger partial charge in [0.2, 0.25) is 0 Å². The Morgan fingerprint density at radius 2 is 0.532 bits per heavy atom. The summed E-state index contributed by atoms with van der Waals surface area (Å²) in [5.41, 5.74) is -2.36. The van der Waals surface area contributed by atoms with E-state index in [1.54, 1.807) is 6.07 Å². The highest BCUT2D eigenvalue weighted by Crippen LogP contribution is 2.47. The number of hydrogen-bond acceptors (Lipinski definition) is 5. The molecular formula is C38H15F4N5. The van der Waals surface area contributed by atoms with Gasteiger partial charge in [-0.25, -0.2) is 17.6 Å². The van der Waals surface area contributed by atoms with E-state index in [4.69, 9.17) is 26.3 Å². The predicted octanol–water partition coefficient (Wildman–Crippen LogP) is 8.09. The quantitative estimate of drug-likeness (QED) is 0.0737. The Labute approximate surface area is 263 Å². The molecule has 0 aliphatic heterocycles. The Bertz CT molecular complexity index is 2380. The van der Waals surface area contributed by atoms with Crippen molar-refractivity contribution >= 4 is 75.8 Å². The average Bonchev–Trinajstić information content (AvgIpc) is 3.10. The highest BCUT2D eigenvalue weighted by atomic mass is 19.2. The second-order valence-corrected chi connectivity index (χ2v) is 10.4. The number of nitrogens with zero attached hydrogens (tertiary/aromatic N) is 5. The number of hydrogen-bond donors (Lipinski definition) is 0. The van der Waals surface area contributed by atoms with E-state index in [0.717, 1.165) is 24.3 Å². The summed E-state index contributed by atoms with van der Waals surface area (Å²) in [5, 5.41) is 55.0. The highest BCUT2D eigenvalue weighted by Gasteiger charge is 2.23. The molecule has 0 radical (unpaired) electrons. The van der Waals surface area contributed by atoms with Crippen molar-refractivity contribution in [3.63, 3.8) is 0 Å². The summed E-state index contributed by atoms with van der Waals surface area (Å²) in [7, 11) is 0. The molecule has 0 N–H and O–H groups in total. The molecule has 0 saturated carbocycles. The zero-order valence-corrected chi connectivity index (χ0v) is 24.2. The average molecular weight is 618 g/mol. The van der Waals surface area contributed by atoms with Gasteiger partial charge >= 0.3 is 0 Å². The van der Waals surface area contributed by atoms with E-state index in [1.807, 2.05) is 0 Å². The van der Waals surface area contributed by atoms with Gasteiger partial charge in [-0.1, -0.05) is 72.8 Å². The summed E-state index contributed by atoms with van der Waals surface area (Å²) < 4.78 is 54.5. The van der Waals surface area contributed by atoms with Crippen LogP contribution in [0.2, 0.25) is 0 Å². The van der Waals surface area contributed by atoms with Gasteiger partial charge in [0.1, 0.15) is 35.4 Å². The Balaban J connectivity index is 0.000000155. The van der Waals surface area contributed by atoms with Crippen molar-refractivity contribution in [1.82, 2.24) is 0 Å². The maximum atomic E-state index is 13.6. The zero-order chi connectivity index (χ0) is 33.6. The molecule has 0 fully saturated rings. The van der Waals surface area contributed by atoms with E-state index in [1.165, 1.54) is 71.6 Å². The minimum absolute atomic E-state index is 1.09. The third kappa shape index (κ3) is 4.34. The molecule has 0 atom stereocenters. The van der Waals surface area contributed by atoms with Crippen LogP contribution in [0.15, 0.2) is 72.8 Å². The second-order valence-electron chi connectivity index (χ2n) is 10.4. The lowest BCUT2D eigenvalue weighted by Gasteiger charge is -2.20. The largest absolute Gasteiger partial charge is 0.203 e. The van der Waals surface area contributed by atoms with Crippen molar-refractivity contribution in [2.24, 2.45) is 0 Å². The Morgan fingerprint density at radius 1 is 0.383 bits per heavy atom. The number of halogens is 4. The lowest BCUT2D eigenvalue weighted by atomic mass is 9.83. The van der Waals surface area contributed by atoms with Crippen LogP contribution in [-0.2, 0) is 0 Å². The van der Waals surface area contributed by atoms with E-state index in [2.05, 4.69) is 72.8 Å². The first kappa shape index (κ1) is 30.1. The zero-order valence-electron chi connectivity index (χ0n) is 24.2. The molecule has 0 heterocycles. The first-order valence-corrected chi connectivity index (χ1v) is 13.8. The SMILES string of the molecule is CC#N.N#CC(C#N)=c1c(F)c(F)c(=C(C#N)C#N)c(F)c1F.c1cc2ccc3ccc4ccc5ccc6ccc1c1c2c3c4c5c61. The number of benzene rings is 8. The van der Waals surface area contributed by atoms with Gasteiger partial charge in [-0.3, -0.25) is 0 Å². The van der Waals surface area contributed by atoms with E-state index >= 15 is 0 Å². The normalized spacial score (nSPS) is 10.6. The Morgan fingerprint density at radius 3 is 0.660 bits per heavy atom. The molecule has 0 aliphatic carbocycles. The first-order valence-electron chi connectivity index (χ1n) is 13.8. The molecule has 0 unspecified atom stereocenters. The molecule has 47 heavy (non-hydrogen) atoms. The van der Waals surface area contributed by atoms with Crippen LogP contribution in [0.5, 0.6) is 0 Å². The molecule has 0 saturated heterocycles. The third-order valence-electron chi connectivity index (χ3n) is 8.10. The summed E-state index contributed by atoms with van der Waals surface area (Å²) in [6.45, 7) is 1.43. The maximum absolute atomic E-state index is 13.6. The van der Waals surface area contributed by atoms with E-state index < -0.39 is 44.9 Å². The van der Waals surface area contributed by atoms with Gasteiger partial charge in [0.15, 0.2) is 23.3 Å². The number of rotatable bonds is 0. The van der Waals surface area contributed by atoms with Crippen LogP contribution in [0.3, 0.4) is 0 Å². The fourth-order valence-corrected chi connectivity index (χ4v) is 6.24. The molecule has 0 amide bonds. The summed E-state index contributed by atoms with van der Waals surface area (Å²) in [5.74, 6) is -8.11. The lowest BCUT2D eigenvalue weighted by molar-refractivity contribution is 0.434. The number of nitriles is 5. The van der Waals surface area contributed by atoms with Gasteiger partial charge in [-0.2, -0.15) is 26.3 Å². The molecule has 220 valence electrons. The Kier molecular flexibility index (Phi) is 7.35. The van der Waals surface area contributed by atoms with E-state index in [9.17, 15) is 17.6 Å². The van der Waals surface area contributed by atoms with Crippen molar-refractivity contribution in [2.75, 3.05) is 0 Å². The van der Waals surface area contributed by atoms with Crippen LogP contribution in [0.1, 0.15) is 6.92 Å². The summed E-state index contributed by atoms with van der Waals surface area (Å²) in [4.78, 5) is 0. The lowest BCUT2D eigenvalue weighted by Crippen LogP contribution is -2.31. The fraction of sp³-hybridized carbons (Fsp3) is 0.0263. The molecule has 0 bridgehead atoms. The van der Waals surface area contributed by atoms with Crippen LogP contribution in [0.25, 0.3) is 75.8 Å². The first-order chi connectivity index (χ1) is 22.8. The summed E-state index contributed by atoms with van der Waals surface area (Å²) in [6.07, 6.45) is 0. The summed E-state index contributed by atoms with van der Waals surface area (Å²) >= 11 is 0. The molecule has 8 rings (SSSR count). The van der Waals surface area contributed by atoms with Crippen molar-refractivity contribution in [1.29, 1.82) is 26.3 Å². The van der Waals surface area contributed by atoms with Crippen LogP contribution >= 0.6 is 0 Å². The molecule has 8 aromatic rings. The minimum Gasteiger partial charge on any atom is -0.203 e. The van der Waals surface area contributed by atoms with Crippen molar-refractivity contribution in [3.8, 4) is 30.3 Å². The summed E-state index contributed by atoms with van der Waals surface area (Å²) in [6, 6.07) is 33.4. The van der Waals surface area contributed by atoms with Crippen molar-refractivity contribution in [3.05, 3.63) is 107 Å². The molecule has 0 spiro atoms. The van der Waals surface area contributed by atoms with Crippen LogP contribution in [-0.4, -0.2) is 0 Å². The van der Waals surface area contributed by atoms with Gasteiger partial charge < -0.3 is 0 Å².